The van der Waals surface area contributed by atoms with Gasteiger partial charge in [0.25, 0.3) is 0 Å². The standard InChI is InChI=1S/C14H22BrNO2/c1-3-4-7-17-8-9-18-14-10-12(15)5-6-13(14)11(2)16/h5-6,10-11H,3-4,7-9,16H2,1-2H3/t11-/m1/s1. The Morgan fingerprint density at radius 3 is 2.72 bits per heavy atom. The first-order valence-electron chi connectivity index (χ1n) is 6.40. The van der Waals surface area contributed by atoms with Crippen molar-refractivity contribution in [2.24, 2.45) is 5.73 Å². The highest BCUT2D eigenvalue weighted by molar-refractivity contribution is 9.10. The molecule has 1 aromatic carbocycles. The lowest BCUT2D eigenvalue weighted by atomic mass is 10.1. The Kier molecular flexibility index (Phi) is 7.32. The van der Waals surface area contributed by atoms with Crippen molar-refractivity contribution >= 4 is 15.9 Å². The summed E-state index contributed by atoms with van der Waals surface area (Å²) in [6.07, 6.45) is 2.25. The molecule has 0 bridgehead atoms. The van der Waals surface area contributed by atoms with Gasteiger partial charge in [-0.3, -0.25) is 0 Å². The number of hydrogen-bond donors (Lipinski definition) is 1. The van der Waals surface area contributed by atoms with Gasteiger partial charge in [0.1, 0.15) is 12.4 Å². The Balaban J connectivity index is 2.43. The maximum Gasteiger partial charge on any atom is 0.125 e. The van der Waals surface area contributed by atoms with Gasteiger partial charge in [-0.15, -0.1) is 0 Å². The van der Waals surface area contributed by atoms with Crippen molar-refractivity contribution in [1.82, 2.24) is 0 Å². The van der Waals surface area contributed by atoms with Gasteiger partial charge >= 0.3 is 0 Å². The molecule has 0 radical (unpaired) electrons. The highest BCUT2D eigenvalue weighted by atomic mass is 79.9. The molecule has 0 saturated heterocycles. The molecule has 0 fully saturated rings. The zero-order valence-electron chi connectivity index (χ0n) is 11.1. The number of rotatable bonds is 8. The van der Waals surface area contributed by atoms with Crippen LogP contribution in [-0.2, 0) is 4.74 Å². The van der Waals surface area contributed by atoms with Crippen LogP contribution in [0.15, 0.2) is 22.7 Å². The first-order valence-corrected chi connectivity index (χ1v) is 7.20. The fourth-order valence-electron chi connectivity index (χ4n) is 1.57. The molecule has 1 atom stereocenters. The highest BCUT2D eigenvalue weighted by Gasteiger charge is 2.08. The number of unbranched alkanes of at least 4 members (excludes halogenated alkanes) is 1. The molecule has 0 aromatic heterocycles. The van der Waals surface area contributed by atoms with Crippen LogP contribution in [0.1, 0.15) is 38.3 Å². The molecule has 0 aliphatic carbocycles. The van der Waals surface area contributed by atoms with E-state index in [9.17, 15) is 0 Å². The van der Waals surface area contributed by atoms with Gasteiger partial charge in [-0.2, -0.15) is 0 Å². The second-order valence-electron chi connectivity index (χ2n) is 4.29. The van der Waals surface area contributed by atoms with Crippen LogP contribution in [0, 0.1) is 0 Å². The van der Waals surface area contributed by atoms with Crippen LogP contribution in [0.25, 0.3) is 0 Å². The first kappa shape index (κ1) is 15.5. The number of nitrogens with two attached hydrogens (primary N) is 1. The van der Waals surface area contributed by atoms with Gasteiger partial charge in [-0.25, -0.2) is 0 Å². The molecule has 0 heterocycles. The molecule has 4 heteroatoms. The van der Waals surface area contributed by atoms with E-state index >= 15 is 0 Å². The average Bonchev–Trinajstić information content (AvgIpc) is 2.33. The summed E-state index contributed by atoms with van der Waals surface area (Å²) in [5.41, 5.74) is 6.93. The molecule has 18 heavy (non-hydrogen) atoms. The molecule has 0 aliphatic heterocycles. The molecule has 0 saturated carbocycles. The van der Waals surface area contributed by atoms with E-state index < -0.39 is 0 Å². The SMILES string of the molecule is CCCCOCCOc1cc(Br)ccc1[C@@H](C)N. The second-order valence-corrected chi connectivity index (χ2v) is 5.20. The van der Waals surface area contributed by atoms with Crippen LogP contribution in [0.3, 0.4) is 0 Å². The van der Waals surface area contributed by atoms with Crippen LogP contribution in [0.5, 0.6) is 5.75 Å². The number of benzene rings is 1. The fourth-order valence-corrected chi connectivity index (χ4v) is 1.91. The molecule has 1 rings (SSSR count). The van der Waals surface area contributed by atoms with Crippen molar-refractivity contribution < 1.29 is 9.47 Å². The van der Waals surface area contributed by atoms with Crippen molar-refractivity contribution in [3.8, 4) is 5.75 Å². The molecule has 1 aromatic rings. The Morgan fingerprint density at radius 1 is 1.28 bits per heavy atom. The lowest BCUT2D eigenvalue weighted by molar-refractivity contribution is 0.0976. The Morgan fingerprint density at radius 2 is 2.06 bits per heavy atom. The Bertz CT molecular complexity index is 356. The molecule has 0 amide bonds. The molecule has 2 N–H and O–H groups in total. The topological polar surface area (TPSA) is 44.5 Å². The maximum atomic E-state index is 5.91. The third kappa shape index (κ3) is 5.38. The van der Waals surface area contributed by atoms with E-state index in [2.05, 4.69) is 22.9 Å². The fraction of sp³-hybridized carbons (Fsp3) is 0.571. The van der Waals surface area contributed by atoms with Crippen molar-refractivity contribution in [2.75, 3.05) is 19.8 Å². The van der Waals surface area contributed by atoms with E-state index in [0.717, 1.165) is 35.2 Å². The van der Waals surface area contributed by atoms with Crippen LogP contribution >= 0.6 is 15.9 Å². The lowest BCUT2D eigenvalue weighted by Crippen LogP contribution is -2.11. The van der Waals surface area contributed by atoms with Gasteiger partial charge in [0.05, 0.1) is 6.61 Å². The van der Waals surface area contributed by atoms with Crippen LogP contribution in [0.2, 0.25) is 0 Å². The van der Waals surface area contributed by atoms with E-state index in [0.29, 0.717) is 13.2 Å². The lowest BCUT2D eigenvalue weighted by Gasteiger charge is -2.14. The van der Waals surface area contributed by atoms with Gasteiger partial charge in [0.2, 0.25) is 0 Å². The minimum Gasteiger partial charge on any atom is -0.491 e. The Hall–Kier alpha value is -0.580. The van der Waals surface area contributed by atoms with Crippen LogP contribution in [0.4, 0.5) is 0 Å². The quantitative estimate of drug-likeness (QED) is 0.744. The predicted molar refractivity (Wildman–Crippen MR) is 78.0 cm³/mol. The third-order valence-corrected chi connectivity index (χ3v) is 3.09. The third-order valence-electron chi connectivity index (χ3n) is 2.59. The summed E-state index contributed by atoms with van der Waals surface area (Å²) in [6, 6.07) is 5.88. The summed E-state index contributed by atoms with van der Waals surface area (Å²) in [7, 11) is 0. The first-order chi connectivity index (χ1) is 8.65. The smallest absolute Gasteiger partial charge is 0.125 e. The van der Waals surface area contributed by atoms with Crippen molar-refractivity contribution in [3.05, 3.63) is 28.2 Å². The van der Waals surface area contributed by atoms with E-state index in [4.69, 9.17) is 15.2 Å². The number of hydrogen-bond acceptors (Lipinski definition) is 3. The summed E-state index contributed by atoms with van der Waals surface area (Å²) in [6.45, 7) is 6.08. The van der Waals surface area contributed by atoms with Crippen molar-refractivity contribution in [2.45, 2.75) is 32.7 Å². The van der Waals surface area contributed by atoms with Gasteiger partial charge in [-0.05, 0) is 25.5 Å². The van der Waals surface area contributed by atoms with Gasteiger partial charge in [0, 0.05) is 22.7 Å². The Labute approximate surface area is 118 Å². The second kappa shape index (κ2) is 8.51. The van der Waals surface area contributed by atoms with Crippen molar-refractivity contribution in [1.29, 1.82) is 0 Å². The molecule has 0 aliphatic rings. The largest absolute Gasteiger partial charge is 0.491 e. The minimum atomic E-state index is -0.0332. The molecule has 0 spiro atoms. The van der Waals surface area contributed by atoms with E-state index in [1.54, 1.807) is 0 Å². The summed E-state index contributed by atoms with van der Waals surface area (Å²) in [5.74, 6) is 0.832. The monoisotopic (exact) mass is 315 g/mol. The predicted octanol–water partition coefficient (Wildman–Crippen LogP) is 3.66. The van der Waals surface area contributed by atoms with E-state index in [1.165, 1.54) is 0 Å². The minimum absolute atomic E-state index is 0.0332. The molecule has 102 valence electrons. The molecule has 3 nitrogen and oxygen atoms in total. The molecule has 0 unspecified atom stereocenters. The van der Waals surface area contributed by atoms with E-state index in [-0.39, 0.29) is 6.04 Å². The van der Waals surface area contributed by atoms with E-state index in [1.807, 2.05) is 25.1 Å². The van der Waals surface area contributed by atoms with Gasteiger partial charge in [-0.1, -0.05) is 35.3 Å². The summed E-state index contributed by atoms with van der Waals surface area (Å²) < 4.78 is 12.2. The summed E-state index contributed by atoms with van der Waals surface area (Å²) >= 11 is 3.44. The average molecular weight is 316 g/mol. The normalized spacial score (nSPS) is 12.4. The number of halogens is 1. The van der Waals surface area contributed by atoms with Crippen LogP contribution < -0.4 is 10.5 Å². The highest BCUT2D eigenvalue weighted by Crippen LogP contribution is 2.27. The maximum absolute atomic E-state index is 5.91. The molecular formula is C14H22BrNO2. The van der Waals surface area contributed by atoms with Crippen LogP contribution in [-0.4, -0.2) is 19.8 Å². The van der Waals surface area contributed by atoms with Gasteiger partial charge < -0.3 is 15.2 Å². The molecular weight excluding hydrogens is 294 g/mol. The summed E-state index contributed by atoms with van der Waals surface area (Å²) in [5, 5.41) is 0. The number of ether oxygens (including phenoxy) is 2. The van der Waals surface area contributed by atoms with Gasteiger partial charge in [0.15, 0.2) is 0 Å². The summed E-state index contributed by atoms with van der Waals surface area (Å²) in [4.78, 5) is 0. The zero-order valence-corrected chi connectivity index (χ0v) is 12.7. The zero-order chi connectivity index (χ0) is 13.4. The van der Waals surface area contributed by atoms with Crippen molar-refractivity contribution in [3.63, 3.8) is 0 Å².